The minimum Gasteiger partial charge on any atom is -0.359 e. The predicted molar refractivity (Wildman–Crippen MR) is 86.8 cm³/mol. The zero-order valence-corrected chi connectivity index (χ0v) is 12.8. The maximum absolute atomic E-state index is 5.46. The molecule has 2 nitrogen and oxygen atoms in total. The Kier molecular flexibility index (Phi) is 3.99. The van der Waals surface area contributed by atoms with E-state index in [1.54, 1.807) is 11.8 Å². The molecule has 3 atom stereocenters. The number of hydrogen-bond donors (Lipinski definition) is 2. The predicted octanol–water partition coefficient (Wildman–Crippen LogP) is 3.88. The lowest BCUT2D eigenvalue weighted by Crippen LogP contribution is -2.40. The Morgan fingerprint density at radius 1 is 1.26 bits per heavy atom. The van der Waals surface area contributed by atoms with Crippen LogP contribution in [0.5, 0.6) is 0 Å². The summed E-state index contributed by atoms with van der Waals surface area (Å²) in [6.07, 6.45) is 7.61. The molecule has 102 valence electrons. The largest absolute Gasteiger partial charge is 0.359 e. The third-order valence-corrected chi connectivity index (χ3v) is 5.43. The van der Waals surface area contributed by atoms with Crippen molar-refractivity contribution in [3.05, 3.63) is 24.3 Å². The summed E-state index contributed by atoms with van der Waals surface area (Å²) < 4.78 is 0. The lowest BCUT2D eigenvalue weighted by atomic mass is 9.96. The van der Waals surface area contributed by atoms with Crippen molar-refractivity contribution in [1.82, 2.24) is 5.32 Å². The van der Waals surface area contributed by atoms with Crippen molar-refractivity contribution in [2.24, 2.45) is 11.8 Å². The van der Waals surface area contributed by atoms with E-state index in [-0.39, 0.29) is 0 Å². The maximum Gasteiger partial charge on any atom is 0.171 e. The average Bonchev–Trinajstić information content (AvgIpc) is 3.01. The molecule has 0 aromatic heterocycles. The summed E-state index contributed by atoms with van der Waals surface area (Å²) in [7, 11) is 0. The molecule has 0 saturated heterocycles. The van der Waals surface area contributed by atoms with Gasteiger partial charge in [0.15, 0.2) is 5.11 Å². The lowest BCUT2D eigenvalue weighted by Gasteiger charge is -2.24. The second-order valence-corrected chi connectivity index (χ2v) is 6.84. The van der Waals surface area contributed by atoms with Crippen molar-refractivity contribution < 1.29 is 0 Å². The van der Waals surface area contributed by atoms with Gasteiger partial charge in [0, 0.05) is 10.9 Å². The Morgan fingerprint density at radius 2 is 2.11 bits per heavy atom. The molecule has 3 unspecified atom stereocenters. The van der Waals surface area contributed by atoms with Crippen LogP contribution in [0.1, 0.15) is 25.7 Å². The van der Waals surface area contributed by atoms with Crippen LogP contribution in [-0.2, 0) is 0 Å². The number of para-hydroxylation sites is 1. The van der Waals surface area contributed by atoms with Gasteiger partial charge in [-0.3, -0.25) is 0 Å². The number of thiocarbonyl (C=S) groups is 1. The van der Waals surface area contributed by atoms with Gasteiger partial charge in [0.25, 0.3) is 0 Å². The number of nitrogens with one attached hydrogen (secondary N) is 2. The van der Waals surface area contributed by atoms with Crippen LogP contribution in [0.2, 0.25) is 0 Å². The highest BCUT2D eigenvalue weighted by atomic mass is 32.2. The van der Waals surface area contributed by atoms with E-state index in [0.29, 0.717) is 6.04 Å². The van der Waals surface area contributed by atoms with E-state index in [1.807, 2.05) is 6.07 Å². The maximum atomic E-state index is 5.46. The summed E-state index contributed by atoms with van der Waals surface area (Å²) in [6.45, 7) is 0. The molecule has 2 aliphatic rings. The molecular weight excluding hydrogens is 272 g/mol. The van der Waals surface area contributed by atoms with Crippen LogP contribution in [0.25, 0.3) is 0 Å². The van der Waals surface area contributed by atoms with Gasteiger partial charge in [0.05, 0.1) is 5.69 Å². The fourth-order valence-corrected chi connectivity index (χ4v) is 4.31. The first kappa shape index (κ1) is 13.3. The molecule has 3 rings (SSSR count). The van der Waals surface area contributed by atoms with Gasteiger partial charge in [-0.25, -0.2) is 0 Å². The molecule has 4 heteroatoms. The number of benzene rings is 1. The van der Waals surface area contributed by atoms with Crippen LogP contribution >= 0.6 is 24.0 Å². The third kappa shape index (κ3) is 2.90. The average molecular weight is 292 g/mol. The quantitative estimate of drug-likeness (QED) is 0.652. The molecule has 2 N–H and O–H groups in total. The summed E-state index contributed by atoms with van der Waals surface area (Å²) in [6, 6.07) is 8.90. The molecule has 2 saturated carbocycles. The van der Waals surface area contributed by atoms with Crippen LogP contribution in [0.3, 0.4) is 0 Å². The molecule has 2 aliphatic carbocycles. The summed E-state index contributed by atoms with van der Waals surface area (Å²) in [5.41, 5.74) is 1.11. The number of thioether (sulfide) groups is 1. The van der Waals surface area contributed by atoms with Crippen molar-refractivity contribution in [2.45, 2.75) is 36.6 Å². The molecule has 0 radical (unpaired) electrons. The Balaban J connectivity index is 1.59. The van der Waals surface area contributed by atoms with Gasteiger partial charge in [-0.1, -0.05) is 18.6 Å². The second kappa shape index (κ2) is 5.71. The van der Waals surface area contributed by atoms with Gasteiger partial charge in [-0.15, -0.1) is 11.8 Å². The van der Waals surface area contributed by atoms with E-state index in [4.69, 9.17) is 12.2 Å². The van der Waals surface area contributed by atoms with Crippen molar-refractivity contribution in [1.29, 1.82) is 0 Å². The van der Waals surface area contributed by atoms with E-state index in [9.17, 15) is 0 Å². The third-order valence-electron chi connectivity index (χ3n) is 4.41. The Morgan fingerprint density at radius 3 is 2.79 bits per heavy atom. The van der Waals surface area contributed by atoms with E-state index >= 15 is 0 Å². The molecular formula is C15H20N2S2. The fourth-order valence-electron chi connectivity index (χ4n) is 3.50. The second-order valence-electron chi connectivity index (χ2n) is 5.58. The van der Waals surface area contributed by atoms with Crippen molar-refractivity contribution >= 4 is 34.8 Å². The standard InChI is InChI=1S/C15H20N2S2/c1-19-14-5-3-2-4-12(14)16-15(18)17-13-9-10-6-7-11(13)8-10/h2-5,10-11,13H,6-9H2,1H3,(H2,16,17,18). The van der Waals surface area contributed by atoms with Gasteiger partial charge in [0.2, 0.25) is 0 Å². The SMILES string of the molecule is CSc1ccccc1NC(=S)NC1CC2CCC1C2. The topological polar surface area (TPSA) is 24.1 Å². The van der Waals surface area contributed by atoms with Crippen LogP contribution < -0.4 is 10.6 Å². The molecule has 19 heavy (non-hydrogen) atoms. The lowest BCUT2D eigenvalue weighted by molar-refractivity contribution is 0.392. The molecule has 2 fully saturated rings. The van der Waals surface area contributed by atoms with Crippen LogP contribution in [0.15, 0.2) is 29.2 Å². The molecule has 1 aromatic rings. The highest BCUT2D eigenvalue weighted by Crippen LogP contribution is 2.44. The Labute approximate surface area is 124 Å². The first-order chi connectivity index (χ1) is 9.26. The van der Waals surface area contributed by atoms with Gasteiger partial charge in [-0.05, 0) is 61.7 Å². The normalized spacial score (nSPS) is 28.4. The number of fused-ring (bicyclic) bond motifs is 2. The van der Waals surface area contributed by atoms with E-state index < -0.39 is 0 Å². The van der Waals surface area contributed by atoms with Gasteiger partial charge in [0.1, 0.15) is 0 Å². The van der Waals surface area contributed by atoms with Crippen LogP contribution in [0.4, 0.5) is 5.69 Å². The van der Waals surface area contributed by atoms with Gasteiger partial charge in [-0.2, -0.15) is 0 Å². The first-order valence-electron chi connectivity index (χ1n) is 6.97. The number of rotatable bonds is 3. The van der Waals surface area contributed by atoms with Gasteiger partial charge >= 0.3 is 0 Å². The highest BCUT2D eigenvalue weighted by Gasteiger charge is 2.39. The van der Waals surface area contributed by atoms with Crippen molar-refractivity contribution in [2.75, 3.05) is 11.6 Å². The van der Waals surface area contributed by atoms with Crippen molar-refractivity contribution in [3.8, 4) is 0 Å². The molecule has 2 bridgehead atoms. The summed E-state index contributed by atoms with van der Waals surface area (Å²) in [4.78, 5) is 1.24. The minimum absolute atomic E-state index is 0.597. The fraction of sp³-hybridized carbons (Fsp3) is 0.533. The Bertz CT molecular complexity index is 475. The van der Waals surface area contributed by atoms with Gasteiger partial charge < -0.3 is 10.6 Å². The Hall–Kier alpha value is -0.740. The zero-order chi connectivity index (χ0) is 13.2. The van der Waals surface area contributed by atoms with Crippen LogP contribution in [0, 0.1) is 11.8 Å². The minimum atomic E-state index is 0.597. The summed E-state index contributed by atoms with van der Waals surface area (Å²) >= 11 is 7.21. The molecule has 0 heterocycles. The zero-order valence-electron chi connectivity index (χ0n) is 11.2. The van der Waals surface area contributed by atoms with E-state index in [0.717, 1.165) is 22.6 Å². The number of anilines is 1. The van der Waals surface area contributed by atoms with Crippen molar-refractivity contribution in [3.63, 3.8) is 0 Å². The van der Waals surface area contributed by atoms with E-state index in [1.165, 1.54) is 30.6 Å². The van der Waals surface area contributed by atoms with E-state index in [2.05, 4.69) is 35.1 Å². The smallest absolute Gasteiger partial charge is 0.171 e. The summed E-state index contributed by atoms with van der Waals surface area (Å²) in [5.74, 6) is 1.80. The highest BCUT2D eigenvalue weighted by molar-refractivity contribution is 7.98. The summed E-state index contributed by atoms with van der Waals surface area (Å²) in [5, 5.41) is 7.65. The van der Waals surface area contributed by atoms with Crippen LogP contribution in [-0.4, -0.2) is 17.4 Å². The molecule has 1 aromatic carbocycles. The molecule has 0 spiro atoms. The monoisotopic (exact) mass is 292 g/mol. The number of hydrogen-bond acceptors (Lipinski definition) is 2. The molecule has 0 amide bonds. The molecule has 0 aliphatic heterocycles. The first-order valence-corrected chi connectivity index (χ1v) is 8.60.